The summed E-state index contributed by atoms with van der Waals surface area (Å²) in [6.45, 7) is 6.29. The van der Waals surface area contributed by atoms with Gasteiger partial charge in [0.25, 0.3) is 0 Å². The number of nitrogens with zero attached hydrogens (tertiary/aromatic N) is 4. The zero-order valence-electron chi connectivity index (χ0n) is 13.8. The molecule has 0 radical (unpaired) electrons. The van der Waals surface area contributed by atoms with E-state index in [1.807, 2.05) is 37.1 Å². The number of nitrogens with one attached hydrogen (secondary N) is 1. The molecule has 0 atom stereocenters. The Morgan fingerprint density at radius 2 is 2.26 bits per heavy atom. The Hall–Kier alpha value is -0.800. The molecule has 2 rings (SSSR count). The maximum absolute atomic E-state index is 6.04. The molecule has 0 amide bonds. The molecule has 0 saturated heterocycles. The highest BCUT2D eigenvalue weighted by atomic mass is 127. The van der Waals surface area contributed by atoms with E-state index in [2.05, 4.69) is 34.0 Å². The number of halogens is 2. The van der Waals surface area contributed by atoms with Crippen LogP contribution in [0.2, 0.25) is 5.02 Å². The van der Waals surface area contributed by atoms with Gasteiger partial charge in [-0.2, -0.15) is 0 Å². The van der Waals surface area contributed by atoms with E-state index in [-0.39, 0.29) is 24.0 Å². The monoisotopic (exact) mass is 467 g/mol. The van der Waals surface area contributed by atoms with Crippen LogP contribution in [-0.4, -0.2) is 34.0 Å². The van der Waals surface area contributed by atoms with Crippen LogP contribution in [0, 0.1) is 6.92 Å². The van der Waals surface area contributed by atoms with E-state index >= 15 is 0 Å². The van der Waals surface area contributed by atoms with Crippen molar-refractivity contribution in [3.8, 4) is 0 Å². The van der Waals surface area contributed by atoms with Crippen molar-refractivity contribution in [2.24, 2.45) is 12.0 Å². The molecule has 0 spiro atoms. The number of hydrogen-bond donors (Lipinski definition) is 1. The van der Waals surface area contributed by atoms with E-state index in [9.17, 15) is 0 Å². The minimum Gasteiger partial charge on any atom is -0.357 e. The van der Waals surface area contributed by atoms with Gasteiger partial charge in [0, 0.05) is 43.6 Å². The number of rotatable bonds is 5. The zero-order chi connectivity index (χ0) is 16.1. The van der Waals surface area contributed by atoms with E-state index in [4.69, 9.17) is 11.6 Å². The summed E-state index contributed by atoms with van der Waals surface area (Å²) in [6, 6.07) is 1.98. The highest BCUT2D eigenvalue weighted by Crippen LogP contribution is 2.15. The first-order valence-corrected chi connectivity index (χ1v) is 8.40. The Morgan fingerprint density at radius 3 is 2.78 bits per heavy atom. The van der Waals surface area contributed by atoms with Crippen LogP contribution in [-0.2, 0) is 20.1 Å². The van der Waals surface area contributed by atoms with E-state index in [0.29, 0.717) is 6.54 Å². The van der Waals surface area contributed by atoms with Crippen molar-refractivity contribution in [2.75, 3.05) is 13.6 Å². The predicted molar refractivity (Wildman–Crippen MR) is 109 cm³/mol. The van der Waals surface area contributed by atoms with Gasteiger partial charge in [0.1, 0.15) is 5.01 Å². The summed E-state index contributed by atoms with van der Waals surface area (Å²) in [5.74, 6) is 0.868. The molecule has 0 unspecified atom stereocenters. The van der Waals surface area contributed by atoms with Gasteiger partial charge in [0.2, 0.25) is 0 Å². The average molecular weight is 468 g/mol. The minimum absolute atomic E-state index is 0. The molecule has 2 heterocycles. The zero-order valence-corrected chi connectivity index (χ0v) is 17.7. The van der Waals surface area contributed by atoms with Gasteiger partial charge < -0.3 is 14.8 Å². The van der Waals surface area contributed by atoms with Crippen LogP contribution in [0.3, 0.4) is 0 Å². The van der Waals surface area contributed by atoms with Crippen LogP contribution < -0.4 is 5.32 Å². The Morgan fingerprint density at radius 1 is 1.52 bits per heavy atom. The number of aliphatic imine (C=N–C) groups is 1. The molecule has 23 heavy (non-hydrogen) atoms. The fourth-order valence-corrected chi connectivity index (χ4v) is 3.11. The van der Waals surface area contributed by atoms with Gasteiger partial charge in [-0.15, -0.1) is 35.3 Å². The Kier molecular flexibility index (Phi) is 8.35. The second-order valence-electron chi connectivity index (χ2n) is 5.15. The summed E-state index contributed by atoms with van der Waals surface area (Å²) >= 11 is 7.72. The lowest BCUT2D eigenvalue weighted by atomic mass is 10.4. The molecule has 8 heteroatoms. The van der Waals surface area contributed by atoms with Crippen LogP contribution in [0.1, 0.15) is 22.5 Å². The van der Waals surface area contributed by atoms with Crippen molar-refractivity contribution in [3.05, 3.63) is 39.1 Å². The van der Waals surface area contributed by atoms with E-state index in [0.717, 1.165) is 34.8 Å². The standard InChI is InChI=1S/C15H22ClN5S.HI/c1-5-17-15(19-8-14-18-7-11(2)22-14)21(4)10-13-6-12(16)9-20(13)3;/h6-7,9H,5,8,10H2,1-4H3,(H,17,19);1H. The van der Waals surface area contributed by atoms with Crippen molar-refractivity contribution >= 4 is 52.9 Å². The number of hydrogen-bond acceptors (Lipinski definition) is 3. The van der Waals surface area contributed by atoms with E-state index in [1.54, 1.807) is 11.3 Å². The Bertz CT molecular complexity index is 652. The first-order chi connectivity index (χ1) is 10.5. The third kappa shape index (κ3) is 5.96. The lowest BCUT2D eigenvalue weighted by Gasteiger charge is -2.22. The summed E-state index contributed by atoms with van der Waals surface area (Å²) in [4.78, 5) is 12.3. The highest BCUT2D eigenvalue weighted by Gasteiger charge is 2.10. The Balaban J connectivity index is 0.00000264. The summed E-state index contributed by atoms with van der Waals surface area (Å²) in [6.07, 6.45) is 3.80. The molecule has 0 aliphatic carbocycles. The van der Waals surface area contributed by atoms with Gasteiger partial charge in [-0.1, -0.05) is 11.6 Å². The first-order valence-electron chi connectivity index (χ1n) is 7.21. The third-order valence-electron chi connectivity index (χ3n) is 3.20. The summed E-state index contributed by atoms with van der Waals surface area (Å²) < 4.78 is 2.03. The predicted octanol–water partition coefficient (Wildman–Crippen LogP) is 3.66. The quantitative estimate of drug-likeness (QED) is 0.415. The second kappa shape index (κ2) is 9.48. The molecule has 0 bridgehead atoms. The van der Waals surface area contributed by atoms with Crippen LogP contribution in [0.5, 0.6) is 0 Å². The van der Waals surface area contributed by atoms with Crippen molar-refractivity contribution in [2.45, 2.75) is 26.9 Å². The molecular formula is C15H23ClIN5S. The van der Waals surface area contributed by atoms with Crippen molar-refractivity contribution in [1.29, 1.82) is 0 Å². The lowest BCUT2D eigenvalue weighted by molar-refractivity contribution is 0.462. The van der Waals surface area contributed by atoms with Gasteiger partial charge in [-0.25, -0.2) is 9.98 Å². The van der Waals surface area contributed by atoms with Crippen LogP contribution in [0.15, 0.2) is 23.5 Å². The maximum Gasteiger partial charge on any atom is 0.194 e. The van der Waals surface area contributed by atoms with Gasteiger partial charge in [-0.05, 0) is 19.9 Å². The minimum atomic E-state index is 0. The molecule has 0 aromatic carbocycles. The normalized spacial score (nSPS) is 11.3. The van der Waals surface area contributed by atoms with Gasteiger partial charge >= 0.3 is 0 Å². The van der Waals surface area contributed by atoms with Gasteiger partial charge in [0.15, 0.2) is 5.96 Å². The van der Waals surface area contributed by atoms with E-state index < -0.39 is 0 Å². The summed E-state index contributed by atoms with van der Waals surface area (Å²) in [7, 11) is 4.02. The first kappa shape index (κ1) is 20.2. The van der Waals surface area contributed by atoms with E-state index in [1.165, 1.54) is 4.88 Å². The number of thiazole rings is 1. The molecular weight excluding hydrogens is 445 g/mol. The fraction of sp³-hybridized carbons (Fsp3) is 0.467. The fourth-order valence-electron chi connectivity index (χ4n) is 2.13. The van der Waals surface area contributed by atoms with Crippen LogP contribution in [0.4, 0.5) is 0 Å². The number of aromatic nitrogens is 2. The largest absolute Gasteiger partial charge is 0.357 e. The van der Waals surface area contributed by atoms with Crippen LogP contribution in [0.25, 0.3) is 0 Å². The topological polar surface area (TPSA) is 45.5 Å². The van der Waals surface area contributed by atoms with Crippen LogP contribution >= 0.6 is 46.9 Å². The summed E-state index contributed by atoms with van der Waals surface area (Å²) in [5, 5.41) is 5.10. The van der Waals surface area contributed by atoms with Crippen molar-refractivity contribution in [1.82, 2.24) is 19.8 Å². The molecule has 0 aliphatic rings. The number of aryl methyl sites for hydroxylation is 2. The molecule has 0 aliphatic heterocycles. The average Bonchev–Trinajstić information content (AvgIpc) is 3.00. The molecule has 2 aromatic rings. The molecule has 0 saturated carbocycles. The molecule has 2 aromatic heterocycles. The maximum atomic E-state index is 6.04. The highest BCUT2D eigenvalue weighted by molar-refractivity contribution is 14.0. The second-order valence-corrected chi connectivity index (χ2v) is 6.91. The summed E-state index contributed by atoms with van der Waals surface area (Å²) in [5.41, 5.74) is 1.14. The lowest BCUT2D eigenvalue weighted by Crippen LogP contribution is -2.38. The van der Waals surface area contributed by atoms with Gasteiger partial charge in [0.05, 0.1) is 18.1 Å². The Labute approximate surface area is 163 Å². The smallest absolute Gasteiger partial charge is 0.194 e. The SMILES string of the molecule is CCNC(=NCc1ncc(C)s1)N(C)Cc1cc(Cl)cn1C.I. The third-order valence-corrected chi connectivity index (χ3v) is 4.31. The van der Waals surface area contributed by atoms with Crippen molar-refractivity contribution in [3.63, 3.8) is 0 Å². The van der Waals surface area contributed by atoms with Crippen molar-refractivity contribution < 1.29 is 0 Å². The molecule has 5 nitrogen and oxygen atoms in total. The number of guanidine groups is 1. The molecule has 0 fully saturated rings. The molecule has 1 N–H and O–H groups in total. The molecule has 128 valence electrons. The van der Waals surface area contributed by atoms with Gasteiger partial charge in [-0.3, -0.25) is 0 Å².